The lowest BCUT2D eigenvalue weighted by Gasteiger charge is -2.47. The third-order valence-corrected chi connectivity index (χ3v) is 8.06. The molecule has 0 N–H and O–H groups in total. The van der Waals surface area contributed by atoms with Crippen LogP contribution in [0.4, 0.5) is 9.59 Å². The van der Waals surface area contributed by atoms with Crippen molar-refractivity contribution in [3.05, 3.63) is 77.9 Å². The van der Waals surface area contributed by atoms with Gasteiger partial charge in [0.1, 0.15) is 25.5 Å². The Balaban J connectivity index is 1.85. The van der Waals surface area contributed by atoms with Crippen molar-refractivity contribution in [3.8, 4) is 0 Å². The zero-order chi connectivity index (χ0) is 31.6. The zero-order valence-electron chi connectivity index (χ0n) is 24.7. The molecule has 43 heavy (non-hydrogen) atoms. The van der Waals surface area contributed by atoms with Gasteiger partial charge in [-0.3, -0.25) is 4.79 Å². The van der Waals surface area contributed by atoms with Crippen LogP contribution in [-0.4, -0.2) is 78.4 Å². The van der Waals surface area contributed by atoms with Gasteiger partial charge >= 0.3 is 23.8 Å². The van der Waals surface area contributed by atoms with Crippen LogP contribution in [0, 0.1) is 5.92 Å². The molecule has 0 radical (unpaired) electrons. The Hall–Kier alpha value is -4.49. The van der Waals surface area contributed by atoms with Gasteiger partial charge in [-0.2, -0.15) is 9.13 Å². The van der Waals surface area contributed by atoms with Crippen molar-refractivity contribution in [3.63, 3.8) is 0 Å². The van der Waals surface area contributed by atoms with Crippen LogP contribution in [0.1, 0.15) is 18.9 Å². The average Bonchev–Trinajstić information content (AvgIpc) is 3.43. The van der Waals surface area contributed by atoms with Gasteiger partial charge in [0, 0.05) is 0 Å². The summed E-state index contributed by atoms with van der Waals surface area (Å²) in [6.45, 7) is 18.1. The summed E-state index contributed by atoms with van der Waals surface area (Å²) >= 11 is 0. The number of aromatic nitrogens is 2. The maximum Gasteiger partial charge on any atom is 0.423 e. The predicted octanol–water partition coefficient (Wildman–Crippen LogP) is 4.06. The van der Waals surface area contributed by atoms with Crippen molar-refractivity contribution in [1.29, 1.82) is 0 Å². The van der Waals surface area contributed by atoms with Gasteiger partial charge in [-0.05, 0) is 56.3 Å². The van der Waals surface area contributed by atoms with E-state index in [2.05, 4.69) is 19.7 Å². The second kappa shape index (κ2) is 12.4. The Morgan fingerprint density at radius 2 is 1.49 bits per heavy atom. The first kappa shape index (κ1) is 31.4. The second-order valence-corrected chi connectivity index (χ2v) is 15.5. The molecular formula is C30H35N3O9Si. The van der Waals surface area contributed by atoms with Gasteiger partial charge in [0.25, 0.3) is 0 Å². The lowest BCUT2D eigenvalue weighted by molar-refractivity contribution is -0.161. The first-order chi connectivity index (χ1) is 20.4. The number of imidazole rings is 1. The lowest BCUT2D eigenvalue weighted by atomic mass is 9.82. The molecule has 228 valence electrons. The van der Waals surface area contributed by atoms with Crippen LogP contribution >= 0.6 is 0 Å². The number of hydrogen-bond acceptors (Lipinski definition) is 9. The average molecular weight is 610 g/mol. The fourth-order valence-corrected chi connectivity index (χ4v) is 6.73. The summed E-state index contributed by atoms with van der Waals surface area (Å²) in [6.07, 6.45) is 1.97. The first-order valence-electron chi connectivity index (χ1n) is 13.7. The lowest BCUT2D eigenvalue weighted by Crippen LogP contribution is -2.63. The second-order valence-electron chi connectivity index (χ2n) is 11.0. The normalized spacial score (nSPS) is 18.5. The molecule has 2 aromatic rings. The molecule has 2 aliphatic heterocycles. The molecule has 13 heteroatoms. The summed E-state index contributed by atoms with van der Waals surface area (Å²) in [5.41, 5.74) is 0.100. The molecule has 12 nitrogen and oxygen atoms in total. The molecule has 0 spiro atoms. The van der Waals surface area contributed by atoms with E-state index in [1.54, 1.807) is 6.07 Å². The summed E-state index contributed by atoms with van der Waals surface area (Å²) < 4.78 is 23.2. The molecule has 0 saturated carbocycles. The van der Waals surface area contributed by atoms with Crippen LogP contribution in [0.15, 0.2) is 66.7 Å². The van der Waals surface area contributed by atoms with E-state index >= 15 is 0 Å². The number of esters is 1. The number of amides is 1. The summed E-state index contributed by atoms with van der Waals surface area (Å²) in [4.78, 5) is 67.2. The van der Waals surface area contributed by atoms with Crippen molar-refractivity contribution in [2.45, 2.75) is 45.1 Å². The number of carbonyl (C=O) groups is 4. The monoisotopic (exact) mass is 609 g/mol. The van der Waals surface area contributed by atoms with Crippen molar-refractivity contribution in [2.75, 3.05) is 19.8 Å². The zero-order valence-corrected chi connectivity index (χ0v) is 25.7. The molecule has 1 aromatic heterocycles. The summed E-state index contributed by atoms with van der Waals surface area (Å²) in [7, 11) is -1.97. The Kier molecular flexibility index (Phi) is 9.06. The van der Waals surface area contributed by atoms with Crippen molar-refractivity contribution < 1.29 is 37.8 Å². The highest BCUT2D eigenvalue weighted by molar-refractivity contribution is 6.69. The van der Waals surface area contributed by atoms with E-state index in [-0.39, 0.29) is 54.6 Å². The van der Waals surface area contributed by atoms with Crippen molar-refractivity contribution in [1.82, 2.24) is 14.0 Å². The van der Waals surface area contributed by atoms with Gasteiger partial charge in [-0.15, -0.1) is 0 Å². The minimum atomic E-state index is -1.97. The van der Waals surface area contributed by atoms with Crippen LogP contribution in [0.2, 0.25) is 19.6 Å². The van der Waals surface area contributed by atoms with Crippen LogP contribution in [0.25, 0.3) is 16.6 Å². The van der Waals surface area contributed by atoms with E-state index in [0.29, 0.717) is 26.7 Å². The van der Waals surface area contributed by atoms with Gasteiger partial charge in [0.15, 0.2) is 8.32 Å². The van der Waals surface area contributed by atoms with Gasteiger partial charge in [-0.1, -0.05) is 44.0 Å². The maximum absolute atomic E-state index is 13.4. The topological polar surface area (TPSA) is 135 Å². The van der Waals surface area contributed by atoms with Crippen LogP contribution < -0.4 is 5.69 Å². The third-order valence-electron chi connectivity index (χ3n) is 6.98. The number of rotatable bonds is 11. The SMILES string of the molecule is C=CCOC(=O)C1=C(c2ccc3c(c2)n(C(=O)OCC=C)c(=O)n3C(=O)OCC=C)C[C@@H]2[C@@H]([C@@H](C)O[Si](C)(C)C)C(=O)N12. The van der Waals surface area contributed by atoms with E-state index in [1.165, 1.54) is 35.3 Å². The fourth-order valence-electron chi connectivity index (χ4n) is 5.46. The molecule has 3 atom stereocenters. The molecular weight excluding hydrogens is 574 g/mol. The van der Waals surface area contributed by atoms with Gasteiger partial charge in [0.05, 0.1) is 29.1 Å². The number of ether oxygens (including phenoxy) is 3. The number of hydrogen-bond donors (Lipinski definition) is 0. The standard InChI is InChI=1S/C30H35N3O9Si/c1-8-13-39-27(35)25-20(17-23-24(26(34)31(23)25)18(4)42-43(5,6)7)19-11-12-21-22(16-19)33(30(38)41-15-10-3)28(36)32(21)29(37)40-14-9-2/h8-12,16,18,23-24H,1-3,13-15,17H2,4-7H3/t18-,23-,24-/m1/s1. The Morgan fingerprint density at radius 3 is 2.05 bits per heavy atom. The van der Waals surface area contributed by atoms with E-state index in [0.717, 1.165) is 0 Å². The van der Waals surface area contributed by atoms with Crippen LogP contribution in [0.3, 0.4) is 0 Å². The predicted molar refractivity (Wildman–Crippen MR) is 161 cm³/mol. The Morgan fingerprint density at radius 1 is 0.930 bits per heavy atom. The molecule has 0 unspecified atom stereocenters. The highest BCUT2D eigenvalue weighted by Gasteiger charge is 2.57. The molecule has 3 heterocycles. The summed E-state index contributed by atoms with van der Waals surface area (Å²) in [6, 6.07) is 4.20. The van der Waals surface area contributed by atoms with Gasteiger partial charge in [0.2, 0.25) is 5.91 Å². The molecule has 0 aliphatic carbocycles. The Labute approximate surface area is 249 Å². The van der Waals surface area contributed by atoms with E-state index in [1.807, 2.05) is 26.6 Å². The van der Waals surface area contributed by atoms with Crippen LogP contribution in [-0.2, 0) is 28.2 Å². The largest absolute Gasteiger partial charge is 0.457 e. The molecule has 1 saturated heterocycles. The third kappa shape index (κ3) is 5.90. The van der Waals surface area contributed by atoms with Crippen molar-refractivity contribution >= 4 is 49.0 Å². The van der Waals surface area contributed by atoms with E-state index in [9.17, 15) is 24.0 Å². The fraction of sp³-hybridized carbons (Fsp3) is 0.367. The van der Waals surface area contributed by atoms with Gasteiger partial charge in [-0.25, -0.2) is 19.2 Å². The van der Waals surface area contributed by atoms with Crippen molar-refractivity contribution in [2.24, 2.45) is 5.92 Å². The molecule has 4 rings (SSSR count). The van der Waals surface area contributed by atoms with E-state index in [4.69, 9.17) is 18.6 Å². The molecule has 1 amide bonds. The molecule has 1 aromatic carbocycles. The van der Waals surface area contributed by atoms with Crippen LogP contribution in [0.5, 0.6) is 0 Å². The number of nitrogens with zero attached hydrogens (tertiary/aromatic N) is 3. The number of fused-ring (bicyclic) bond motifs is 2. The minimum Gasteiger partial charge on any atom is -0.457 e. The summed E-state index contributed by atoms with van der Waals surface area (Å²) in [5, 5.41) is 0. The first-order valence-corrected chi connectivity index (χ1v) is 17.1. The number of carbonyl (C=O) groups excluding carboxylic acids is 4. The molecule has 0 bridgehead atoms. The molecule has 2 aliphatic rings. The minimum absolute atomic E-state index is 0.0333. The Bertz CT molecular complexity index is 1610. The van der Waals surface area contributed by atoms with Gasteiger partial charge < -0.3 is 23.5 Å². The highest BCUT2D eigenvalue weighted by atomic mass is 28.4. The smallest absolute Gasteiger partial charge is 0.423 e. The van der Waals surface area contributed by atoms with E-state index < -0.39 is 38.1 Å². The number of benzene rings is 1. The highest BCUT2D eigenvalue weighted by Crippen LogP contribution is 2.48. The summed E-state index contributed by atoms with van der Waals surface area (Å²) in [5.74, 6) is -1.43. The quantitative estimate of drug-likeness (QED) is 0.122. The maximum atomic E-state index is 13.4. The number of β-lactam (4-membered cyclic amide) rings is 1. The molecule has 1 fully saturated rings.